The summed E-state index contributed by atoms with van der Waals surface area (Å²) < 4.78 is 4.64. The Hall–Kier alpha value is -1.74. The lowest BCUT2D eigenvalue weighted by Crippen LogP contribution is -2.03. The number of carboxylic acid groups (broad SMARTS) is 1. The van der Waals surface area contributed by atoms with E-state index >= 15 is 0 Å². The van der Waals surface area contributed by atoms with Gasteiger partial charge in [0.1, 0.15) is 0 Å². The SMILES string of the molecule is O=C(O)Oc1c(Cl)ccc2ccccc12. The average Bonchev–Trinajstić information content (AvgIpc) is 2.22. The summed E-state index contributed by atoms with van der Waals surface area (Å²) in [6, 6.07) is 10.7. The van der Waals surface area contributed by atoms with Gasteiger partial charge < -0.3 is 9.84 Å². The van der Waals surface area contributed by atoms with Gasteiger partial charge in [-0.15, -0.1) is 0 Å². The summed E-state index contributed by atoms with van der Waals surface area (Å²) in [5.41, 5.74) is 0. The Kier molecular flexibility index (Phi) is 2.47. The molecule has 0 aliphatic rings. The van der Waals surface area contributed by atoms with Crippen LogP contribution in [0.25, 0.3) is 10.8 Å². The summed E-state index contributed by atoms with van der Waals surface area (Å²) in [5.74, 6) is 0.183. The molecular weight excluding hydrogens is 216 g/mol. The standard InChI is InChI=1S/C11H7ClO3/c12-9-6-5-7-3-1-2-4-8(7)10(9)15-11(13)14/h1-6H,(H,13,14). The maximum Gasteiger partial charge on any atom is 0.511 e. The second kappa shape index (κ2) is 3.79. The fourth-order valence-electron chi connectivity index (χ4n) is 1.41. The number of ether oxygens (including phenoxy) is 1. The smallest absolute Gasteiger partial charge is 0.449 e. The van der Waals surface area contributed by atoms with Crippen LogP contribution in [-0.2, 0) is 0 Å². The summed E-state index contributed by atoms with van der Waals surface area (Å²) in [6.07, 6.45) is -1.37. The molecule has 0 radical (unpaired) electrons. The van der Waals surface area contributed by atoms with Crippen LogP contribution in [0.15, 0.2) is 36.4 Å². The van der Waals surface area contributed by atoms with Crippen molar-refractivity contribution in [1.29, 1.82) is 0 Å². The molecule has 1 N–H and O–H groups in total. The van der Waals surface area contributed by atoms with E-state index in [-0.39, 0.29) is 10.8 Å². The van der Waals surface area contributed by atoms with Gasteiger partial charge in [-0.2, -0.15) is 0 Å². The highest BCUT2D eigenvalue weighted by Crippen LogP contribution is 2.33. The first kappa shape index (κ1) is 9.80. The Morgan fingerprint density at radius 2 is 1.93 bits per heavy atom. The van der Waals surface area contributed by atoms with Gasteiger partial charge in [0.05, 0.1) is 5.02 Å². The van der Waals surface area contributed by atoms with E-state index in [9.17, 15) is 4.79 Å². The van der Waals surface area contributed by atoms with Gasteiger partial charge in [-0.1, -0.05) is 41.9 Å². The topological polar surface area (TPSA) is 46.5 Å². The van der Waals surface area contributed by atoms with Crippen LogP contribution < -0.4 is 4.74 Å². The predicted octanol–water partition coefficient (Wildman–Crippen LogP) is 3.55. The minimum atomic E-state index is -1.37. The number of hydrogen-bond donors (Lipinski definition) is 1. The van der Waals surface area contributed by atoms with E-state index in [0.717, 1.165) is 5.39 Å². The van der Waals surface area contributed by atoms with Crippen LogP contribution in [0.2, 0.25) is 5.02 Å². The quantitative estimate of drug-likeness (QED) is 0.593. The van der Waals surface area contributed by atoms with E-state index in [4.69, 9.17) is 16.7 Å². The molecule has 0 saturated carbocycles. The molecule has 0 heterocycles. The molecule has 0 fully saturated rings. The molecule has 2 aromatic rings. The van der Waals surface area contributed by atoms with Gasteiger partial charge in [-0.05, 0) is 11.5 Å². The number of carbonyl (C=O) groups is 1. The molecule has 2 aromatic carbocycles. The van der Waals surface area contributed by atoms with Gasteiger partial charge in [0, 0.05) is 5.39 Å². The van der Waals surface area contributed by atoms with Gasteiger partial charge in [0.2, 0.25) is 0 Å². The molecule has 4 heteroatoms. The van der Waals surface area contributed by atoms with Crippen LogP contribution in [0, 0.1) is 0 Å². The molecule has 0 aliphatic carbocycles. The zero-order chi connectivity index (χ0) is 10.8. The molecule has 0 amide bonds. The first-order valence-corrected chi connectivity index (χ1v) is 4.64. The van der Waals surface area contributed by atoms with Crippen molar-refractivity contribution in [1.82, 2.24) is 0 Å². The normalized spacial score (nSPS) is 10.2. The number of hydrogen-bond acceptors (Lipinski definition) is 2. The van der Waals surface area contributed by atoms with Gasteiger partial charge in [0.15, 0.2) is 5.75 Å². The first-order valence-electron chi connectivity index (χ1n) is 4.26. The van der Waals surface area contributed by atoms with E-state index in [0.29, 0.717) is 5.39 Å². The molecule has 0 spiro atoms. The van der Waals surface area contributed by atoms with Crippen LogP contribution in [0.3, 0.4) is 0 Å². The maximum absolute atomic E-state index is 10.5. The molecule has 0 aliphatic heterocycles. The molecule has 0 unspecified atom stereocenters. The van der Waals surface area contributed by atoms with Crippen molar-refractivity contribution in [3.05, 3.63) is 41.4 Å². The Bertz CT molecular complexity index is 522. The Balaban J connectivity index is 2.68. The van der Waals surface area contributed by atoms with Gasteiger partial charge in [-0.25, -0.2) is 4.79 Å². The highest BCUT2D eigenvalue weighted by molar-refractivity contribution is 6.33. The fourth-order valence-corrected chi connectivity index (χ4v) is 1.61. The minimum Gasteiger partial charge on any atom is -0.449 e. The number of halogens is 1. The van der Waals surface area contributed by atoms with Crippen LogP contribution in [0.4, 0.5) is 4.79 Å². The van der Waals surface area contributed by atoms with E-state index in [1.165, 1.54) is 0 Å². The monoisotopic (exact) mass is 222 g/mol. The maximum atomic E-state index is 10.5. The number of rotatable bonds is 1. The van der Waals surface area contributed by atoms with Crippen molar-refractivity contribution < 1.29 is 14.6 Å². The molecule has 15 heavy (non-hydrogen) atoms. The lowest BCUT2D eigenvalue weighted by Gasteiger charge is -2.06. The molecule has 0 saturated heterocycles. The van der Waals surface area contributed by atoms with Gasteiger partial charge >= 0.3 is 6.16 Å². The third-order valence-corrected chi connectivity index (χ3v) is 2.32. The van der Waals surface area contributed by atoms with Crippen molar-refractivity contribution in [3.63, 3.8) is 0 Å². The zero-order valence-electron chi connectivity index (χ0n) is 7.61. The molecule has 2 rings (SSSR count). The second-order valence-corrected chi connectivity index (χ2v) is 3.37. The van der Waals surface area contributed by atoms with Crippen LogP contribution >= 0.6 is 11.6 Å². The Morgan fingerprint density at radius 1 is 1.20 bits per heavy atom. The van der Waals surface area contributed by atoms with Gasteiger partial charge in [0.25, 0.3) is 0 Å². The largest absolute Gasteiger partial charge is 0.511 e. The van der Waals surface area contributed by atoms with Crippen molar-refractivity contribution in [2.45, 2.75) is 0 Å². The van der Waals surface area contributed by atoms with Gasteiger partial charge in [-0.3, -0.25) is 0 Å². The highest BCUT2D eigenvalue weighted by atomic mass is 35.5. The zero-order valence-corrected chi connectivity index (χ0v) is 8.36. The number of benzene rings is 2. The second-order valence-electron chi connectivity index (χ2n) is 2.97. The van der Waals surface area contributed by atoms with E-state index in [2.05, 4.69) is 4.74 Å². The third kappa shape index (κ3) is 1.87. The molecular formula is C11H7ClO3. The number of fused-ring (bicyclic) bond motifs is 1. The lowest BCUT2D eigenvalue weighted by atomic mass is 10.1. The average molecular weight is 223 g/mol. The summed E-state index contributed by atoms with van der Waals surface area (Å²) in [5, 5.41) is 10.4. The summed E-state index contributed by atoms with van der Waals surface area (Å²) in [7, 11) is 0. The molecule has 0 bridgehead atoms. The third-order valence-electron chi connectivity index (χ3n) is 2.02. The first-order chi connectivity index (χ1) is 7.18. The lowest BCUT2D eigenvalue weighted by molar-refractivity contribution is 0.145. The van der Waals surface area contributed by atoms with Crippen LogP contribution in [0.5, 0.6) is 5.75 Å². The molecule has 0 atom stereocenters. The Labute approximate surface area is 90.9 Å². The van der Waals surface area contributed by atoms with Crippen molar-refractivity contribution >= 4 is 28.5 Å². The van der Waals surface area contributed by atoms with E-state index in [1.807, 2.05) is 18.2 Å². The molecule has 0 aromatic heterocycles. The highest BCUT2D eigenvalue weighted by Gasteiger charge is 2.10. The molecule has 76 valence electrons. The van der Waals surface area contributed by atoms with E-state index < -0.39 is 6.16 Å². The van der Waals surface area contributed by atoms with Crippen LogP contribution in [0.1, 0.15) is 0 Å². The summed E-state index contributed by atoms with van der Waals surface area (Å²) in [4.78, 5) is 10.5. The van der Waals surface area contributed by atoms with E-state index in [1.54, 1.807) is 18.2 Å². The predicted molar refractivity (Wildman–Crippen MR) is 57.6 cm³/mol. The van der Waals surface area contributed by atoms with Crippen LogP contribution in [-0.4, -0.2) is 11.3 Å². The fraction of sp³-hybridized carbons (Fsp3) is 0. The summed E-state index contributed by atoms with van der Waals surface area (Å²) >= 11 is 5.86. The van der Waals surface area contributed by atoms with Crippen molar-refractivity contribution in [2.75, 3.05) is 0 Å². The molecule has 3 nitrogen and oxygen atoms in total. The minimum absolute atomic E-state index is 0.183. The van der Waals surface area contributed by atoms with Crippen molar-refractivity contribution in [2.24, 2.45) is 0 Å². The Morgan fingerprint density at radius 3 is 2.67 bits per heavy atom. The van der Waals surface area contributed by atoms with Crippen molar-refractivity contribution in [3.8, 4) is 5.75 Å². The summed E-state index contributed by atoms with van der Waals surface area (Å²) in [6.45, 7) is 0.